The quantitative estimate of drug-likeness (QED) is 0.812. The standard InChI is InChI=1S/C14H11BrN4O4/c15-9-3-1-8(2-4-9)13(22)16-14-18-17-10(23-14)7-19-11(20)5-6-12(19)21/h1-4H,5-7H2,(H,16,18,22). The number of aromatic nitrogens is 2. The van der Waals surface area contributed by atoms with Gasteiger partial charge < -0.3 is 4.42 Å². The highest BCUT2D eigenvalue weighted by Crippen LogP contribution is 2.17. The van der Waals surface area contributed by atoms with E-state index in [0.717, 1.165) is 9.37 Å². The molecular weight excluding hydrogens is 368 g/mol. The van der Waals surface area contributed by atoms with Crippen LogP contribution in [0.2, 0.25) is 0 Å². The van der Waals surface area contributed by atoms with Crippen molar-refractivity contribution in [2.45, 2.75) is 19.4 Å². The molecular formula is C14H11BrN4O4. The van der Waals surface area contributed by atoms with Gasteiger partial charge in [0.25, 0.3) is 5.91 Å². The summed E-state index contributed by atoms with van der Waals surface area (Å²) < 4.78 is 6.10. The maximum atomic E-state index is 12.0. The lowest BCUT2D eigenvalue weighted by Crippen LogP contribution is -2.28. The molecule has 9 heteroatoms. The SMILES string of the molecule is O=C(Nc1nnc(CN2C(=O)CCC2=O)o1)c1ccc(Br)cc1. The fourth-order valence-electron chi connectivity index (χ4n) is 2.07. The predicted molar refractivity (Wildman–Crippen MR) is 81.2 cm³/mol. The molecule has 1 aliphatic rings. The van der Waals surface area contributed by atoms with E-state index in [1.54, 1.807) is 24.3 Å². The van der Waals surface area contributed by atoms with Gasteiger partial charge in [0, 0.05) is 22.9 Å². The lowest BCUT2D eigenvalue weighted by molar-refractivity contribution is -0.139. The van der Waals surface area contributed by atoms with Gasteiger partial charge in [-0.15, -0.1) is 5.10 Å². The van der Waals surface area contributed by atoms with Crippen LogP contribution in [0.3, 0.4) is 0 Å². The van der Waals surface area contributed by atoms with Crippen LogP contribution in [0.4, 0.5) is 6.01 Å². The molecule has 0 atom stereocenters. The van der Waals surface area contributed by atoms with Crippen LogP contribution in [0.25, 0.3) is 0 Å². The van der Waals surface area contributed by atoms with E-state index in [9.17, 15) is 14.4 Å². The van der Waals surface area contributed by atoms with Gasteiger partial charge in [-0.2, -0.15) is 0 Å². The van der Waals surface area contributed by atoms with Crippen molar-refractivity contribution in [3.8, 4) is 0 Å². The summed E-state index contributed by atoms with van der Waals surface area (Å²) in [5.74, 6) is -0.858. The van der Waals surface area contributed by atoms with Crippen LogP contribution in [-0.2, 0) is 16.1 Å². The van der Waals surface area contributed by atoms with E-state index in [1.165, 1.54) is 0 Å². The molecule has 1 aromatic carbocycles. The van der Waals surface area contributed by atoms with Crippen LogP contribution in [0, 0.1) is 0 Å². The molecule has 2 aromatic rings. The first-order chi connectivity index (χ1) is 11.0. The molecule has 8 nitrogen and oxygen atoms in total. The maximum Gasteiger partial charge on any atom is 0.322 e. The number of amides is 3. The number of hydrogen-bond donors (Lipinski definition) is 1. The Morgan fingerprint density at radius 2 is 1.83 bits per heavy atom. The van der Waals surface area contributed by atoms with E-state index in [0.29, 0.717) is 5.56 Å². The first kappa shape index (κ1) is 15.3. The third-order valence-electron chi connectivity index (χ3n) is 3.24. The van der Waals surface area contributed by atoms with Gasteiger partial charge in [0.05, 0.1) is 0 Å². The van der Waals surface area contributed by atoms with Crippen molar-refractivity contribution in [1.82, 2.24) is 15.1 Å². The Hall–Kier alpha value is -2.55. The van der Waals surface area contributed by atoms with Gasteiger partial charge in [-0.25, -0.2) is 0 Å². The number of hydrogen-bond acceptors (Lipinski definition) is 6. The topological polar surface area (TPSA) is 105 Å². The van der Waals surface area contributed by atoms with Crippen molar-refractivity contribution >= 4 is 39.7 Å². The highest BCUT2D eigenvalue weighted by Gasteiger charge is 2.30. The molecule has 0 bridgehead atoms. The van der Waals surface area contributed by atoms with Crippen molar-refractivity contribution in [2.24, 2.45) is 0 Å². The number of halogens is 1. The summed E-state index contributed by atoms with van der Waals surface area (Å²) in [6, 6.07) is 6.65. The van der Waals surface area contributed by atoms with Crippen molar-refractivity contribution in [3.05, 3.63) is 40.2 Å². The fourth-order valence-corrected chi connectivity index (χ4v) is 2.34. The van der Waals surface area contributed by atoms with E-state index in [2.05, 4.69) is 31.4 Å². The molecule has 0 spiro atoms. The molecule has 1 fully saturated rings. The molecule has 0 aliphatic carbocycles. The average Bonchev–Trinajstić information content (AvgIpc) is 3.09. The van der Waals surface area contributed by atoms with E-state index in [-0.39, 0.29) is 43.1 Å². The minimum atomic E-state index is -0.402. The summed E-state index contributed by atoms with van der Waals surface area (Å²) in [6.07, 6.45) is 0.389. The first-order valence-electron chi connectivity index (χ1n) is 6.75. The molecule has 3 amide bonds. The van der Waals surface area contributed by atoms with E-state index in [1.807, 2.05) is 0 Å². The van der Waals surface area contributed by atoms with Gasteiger partial charge in [-0.1, -0.05) is 21.0 Å². The number of carbonyl (C=O) groups is 3. The fraction of sp³-hybridized carbons (Fsp3) is 0.214. The molecule has 3 rings (SSSR count). The van der Waals surface area contributed by atoms with Crippen molar-refractivity contribution in [2.75, 3.05) is 5.32 Å². The summed E-state index contributed by atoms with van der Waals surface area (Å²) in [4.78, 5) is 36.1. The largest absolute Gasteiger partial charge is 0.406 e. The zero-order chi connectivity index (χ0) is 16.4. The van der Waals surface area contributed by atoms with Crippen LogP contribution < -0.4 is 5.32 Å². The second-order valence-corrected chi connectivity index (χ2v) is 5.75. The van der Waals surface area contributed by atoms with Crippen molar-refractivity contribution in [1.29, 1.82) is 0 Å². The van der Waals surface area contributed by atoms with Crippen LogP contribution in [0.5, 0.6) is 0 Å². The van der Waals surface area contributed by atoms with E-state index in [4.69, 9.17) is 4.42 Å². The number of anilines is 1. The molecule has 1 N–H and O–H groups in total. The van der Waals surface area contributed by atoms with Gasteiger partial charge >= 0.3 is 6.01 Å². The van der Waals surface area contributed by atoms with Gasteiger partial charge in [-0.05, 0) is 24.3 Å². The minimum Gasteiger partial charge on any atom is -0.406 e. The first-order valence-corrected chi connectivity index (χ1v) is 7.55. The summed E-state index contributed by atoms with van der Waals surface area (Å²) in [5, 5.41) is 9.87. The number of carbonyl (C=O) groups excluding carboxylic acids is 3. The summed E-state index contributed by atoms with van der Waals surface area (Å²) >= 11 is 3.28. The van der Waals surface area contributed by atoms with Gasteiger partial charge in [-0.3, -0.25) is 24.6 Å². The highest BCUT2D eigenvalue weighted by molar-refractivity contribution is 9.10. The zero-order valence-electron chi connectivity index (χ0n) is 11.8. The molecule has 1 aromatic heterocycles. The number of likely N-dealkylation sites (tertiary alicyclic amines) is 1. The third-order valence-corrected chi connectivity index (χ3v) is 3.77. The monoisotopic (exact) mass is 378 g/mol. The van der Waals surface area contributed by atoms with Gasteiger partial charge in [0.15, 0.2) is 0 Å². The molecule has 1 saturated heterocycles. The molecule has 0 radical (unpaired) electrons. The molecule has 2 heterocycles. The normalized spacial score (nSPS) is 14.4. The smallest absolute Gasteiger partial charge is 0.322 e. The number of rotatable bonds is 4. The Kier molecular flexibility index (Phi) is 4.20. The zero-order valence-corrected chi connectivity index (χ0v) is 13.4. The Morgan fingerprint density at radius 1 is 1.17 bits per heavy atom. The Bertz CT molecular complexity index is 755. The maximum absolute atomic E-state index is 12.0. The summed E-state index contributed by atoms with van der Waals surface area (Å²) in [7, 11) is 0. The Labute approximate surface area is 139 Å². The van der Waals surface area contributed by atoms with Crippen LogP contribution in [0.1, 0.15) is 29.1 Å². The highest BCUT2D eigenvalue weighted by atomic mass is 79.9. The van der Waals surface area contributed by atoms with E-state index >= 15 is 0 Å². The van der Waals surface area contributed by atoms with E-state index < -0.39 is 5.91 Å². The molecule has 0 saturated carbocycles. The minimum absolute atomic E-state index is 0.0831. The number of nitrogens with zero attached hydrogens (tertiary/aromatic N) is 3. The molecule has 118 valence electrons. The van der Waals surface area contributed by atoms with Crippen LogP contribution in [-0.4, -0.2) is 32.8 Å². The van der Waals surface area contributed by atoms with Crippen LogP contribution >= 0.6 is 15.9 Å². The molecule has 23 heavy (non-hydrogen) atoms. The molecule has 0 unspecified atom stereocenters. The Balaban J connectivity index is 1.65. The second-order valence-electron chi connectivity index (χ2n) is 4.84. The average molecular weight is 379 g/mol. The lowest BCUT2D eigenvalue weighted by atomic mass is 10.2. The summed E-state index contributed by atoms with van der Waals surface area (Å²) in [5.41, 5.74) is 0.429. The number of benzene rings is 1. The second kappa shape index (κ2) is 6.29. The Morgan fingerprint density at radius 3 is 2.48 bits per heavy atom. The van der Waals surface area contributed by atoms with Crippen molar-refractivity contribution < 1.29 is 18.8 Å². The number of nitrogens with one attached hydrogen (secondary N) is 1. The third kappa shape index (κ3) is 3.45. The number of imide groups is 1. The summed E-state index contributed by atoms with van der Waals surface area (Å²) in [6.45, 7) is -0.0845. The lowest BCUT2D eigenvalue weighted by Gasteiger charge is -2.09. The van der Waals surface area contributed by atoms with Crippen molar-refractivity contribution in [3.63, 3.8) is 0 Å². The molecule has 1 aliphatic heterocycles. The van der Waals surface area contributed by atoms with Gasteiger partial charge in [0.2, 0.25) is 17.7 Å². The van der Waals surface area contributed by atoms with Crippen LogP contribution in [0.15, 0.2) is 33.2 Å². The van der Waals surface area contributed by atoms with Gasteiger partial charge in [0.1, 0.15) is 6.54 Å². The predicted octanol–water partition coefficient (Wildman–Crippen LogP) is 1.73.